The summed E-state index contributed by atoms with van der Waals surface area (Å²) in [6.45, 7) is 5.89. The normalized spacial score (nSPS) is 12.2. The van der Waals surface area contributed by atoms with Crippen LogP contribution in [0.4, 0.5) is 4.39 Å². The number of carboxylic acid groups (broad SMARTS) is 1. The average Bonchev–Trinajstić information content (AvgIpc) is 2.74. The SMILES string of the molecule is C=C(C(=O)O)C(CCCCCCCCF)CCCCCCCCCCCCCCC. The third-order valence-corrected chi connectivity index (χ3v) is 6.36. The molecule has 0 amide bonds. The molecule has 0 aromatic rings. The lowest BCUT2D eigenvalue weighted by atomic mass is 9.88. The van der Waals surface area contributed by atoms with Crippen molar-refractivity contribution in [1.29, 1.82) is 0 Å². The molecule has 0 aromatic carbocycles. The minimum absolute atomic E-state index is 0.126. The van der Waals surface area contributed by atoms with Crippen LogP contribution in [0.3, 0.4) is 0 Å². The summed E-state index contributed by atoms with van der Waals surface area (Å²) in [6.07, 6.45) is 25.3. The summed E-state index contributed by atoms with van der Waals surface area (Å²) in [5, 5.41) is 9.32. The highest BCUT2D eigenvalue weighted by atomic mass is 19.1. The zero-order valence-electron chi connectivity index (χ0n) is 20.1. The highest BCUT2D eigenvalue weighted by Crippen LogP contribution is 2.25. The van der Waals surface area contributed by atoms with Crippen LogP contribution in [-0.4, -0.2) is 17.8 Å². The molecular weight excluding hydrogens is 375 g/mol. The fourth-order valence-corrected chi connectivity index (χ4v) is 4.27. The van der Waals surface area contributed by atoms with E-state index in [0.29, 0.717) is 12.0 Å². The van der Waals surface area contributed by atoms with E-state index < -0.39 is 5.97 Å². The molecule has 178 valence electrons. The molecule has 1 unspecified atom stereocenters. The lowest BCUT2D eigenvalue weighted by Gasteiger charge is -2.17. The quantitative estimate of drug-likeness (QED) is 0.123. The van der Waals surface area contributed by atoms with Crippen LogP contribution in [0.2, 0.25) is 0 Å². The van der Waals surface area contributed by atoms with Crippen molar-refractivity contribution in [1.82, 2.24) is 0 Å². The Labute approximate surface area is 187 Å². The Morgan fingerprint density at radius 1 is 0.667 bits per heavy atom. The fraction of sp³-hybridized carbons (Fsp3) is 0.889. The van der Waals surface area contributed by atoms with Gasteiger partial charge in [-0.15, -0.1) is 0 Å². The van der Waals surface area contributed by atoms with E-state index in [-0.39, 0.29) is 12.6 Å². The Balaban J connectivity index is 3.68. The van der Waals surface area contributed by atoms with Crippen LogP contribution in [0.15, 0.2) is 12.2 Å². The second kappa shape index (κ2) is 22.8. The predicted octanol–water partition coefficient (Wildman–Crippen LogP) is 9.42. The number of carbonyl (C=O) groups is 1. The fourth-order valence-electron chi connectivity index (χ4n) is 4.27. The van der Waals surface area contributed by atoms with Crippen molar-refractivity contribution < 1.29 is 14.3 Å². The first kappa shape index (κ1) is 29.1. The molecule has 0 aromatic heterocycles. The van der Waals surface area contributed by atoms with Crippen LogP contribution in [0.1, 0.15) is 142 Å². The number of halogens is 1. The second-order valence-electron chi connectivity index (χ2n) is 9.16. The Hall–Kier alpha value is -0.860. The van der Waals surface area contributed by atoms with Gasteiger partial charge in [-0.05, 0) is 25.2 Å². The Bertz CT molecular complexity index is 394. The first-order chi connectivity index (χ1) is 14.6. The smallest absolute Gasteiger partial charge is 0.331 e. The summed E-state index contributed by atoms with van der Waals surface area (Å²) >= 11 is 0. The Kier molecular flexibility index (Phi) is 22.2. The van der Waals surface area contributed by atoms with Crippen molar-refractivity contribution in [2.45, 2.75) is 142 Å². The molecule has 1 atom stereocenters. The minimum Gasteiger partial charge on any atom is -0.478 e. The Morgan fingerprint density at radius 3 is 1.33 bits per heavy atom. The van der Waals surface area contributed by atoms with Gasteiger partial charge in [-0.3, -0.25) is 4.39 Å². The lowest BCUT2D eigenvalue weighted by molar-refractivity contribution is -0.133. The van der Waals surface area contributed by atoms with Crippen molar-refractivity contribution in [3.63, 3.8) is 0 Å². The minimum atomic E-state index is -0.836. The van der Waals surface area contributed by atoms with E-state index in [9.17, 15) is 14.3 Å². The van der Waals surface area contributed by atoms with Gasteiger partial charge in [-0.2, -0.15) is 0 Å². The number of unbranched alkanes of at least 4 members (excludes halogenated alkanes) is 17. The van der Waals surface area contributed by atoms with Gasteiger partial charge in [0.25, 0.3) is 0 Å². The third-order valence-electron chi connectivity index (χ3n) is 6.36. The summed E-state index contributed by atoms with van der Waals surface area (Å²) in [5.74, 6) is -0.710. The average molecular weight is 427 g/mol. The summed E-state index contributed by atoms with van der Waals surface area (Å²) in [7, 11) is 0. The molecule has 0 fully saturated rings. The zero-order valence-corrected chi connectivity index (χ0v) is 20.1. The summed E-state index contributed by atoms with van der Waals surface area (Å²) in [4.78, 5) is 11.3. The van der Waals surface area contributed by atoms with E-state index in [1.807, 2.05) is 0 Å². The van der Waals surface area contributed by atoms with Crippen molar-refractivity contribution in [3.05, 3.63) is 12.2 Å². The van der Waals surface area contributed by atoms with E-state index in [1.54, 1.807) is 0 Å². The zero-order chi connectivity index (χ0) is 22.3. The van der Waals surface area contributed by atoms with Crippen LogP contribution in [0.25, 0.3) is 0 Å². The number of carboxylic acids is 1. The van der Waals surface area contributed by atoms with Crippen LogP contribution in [0.5, 0.6) is 0 Å². The first-order valence-electron chi connectivity index (χ1n) is 13.1. The predicted molar refractivity (Wildman–Crippen MR) is 129 cm³/mol. The van der Waals surface area contributed by atoms with E-state index in [2.05, 4.69) is 13.5 Å². The molecule has 0 saturated carbocycles. The molecule has 2 nitrogen and oxygen atoms in total. The number of hydrogen-bond acceptors (Lipinski definition) is 1. The van der Waals surface area contributed by atoms with Gasteiger partial charge in [0.2, 0.25) is 0 Å². The van der Waals surface area contributed by atoms with Gasteiger partial charge >= 0.3 is 5.97 Å². The lowest BCUT2D eigenvalue weighted by Crippen LogP contribution is -2.12. The maximum absolute atomic E-state index is 12.1. The highest BCUT2D eigenvalue weighted by molar-refractivity contribution is 5.86. The van der Waals surface area contributed by atoms with Gasteiger partial charge in [-0.1, -0.05) is 129 Å². The topological polar surface area (TPSA) is 37.3 Å². The molecule has 0 radical (unpaired) electrons. The van der Waals surface area contributed by atoms with E-state index in [1.165, 1.54) is 77.0 Å². The summed E-state index contributed by atoms with van der Waals surface area (Å²) in [6, 6.07) is 0. The maximum Gasteiger partial charge on any atom is 0.331 e. The van der Waals surface area contributed by atoms with Gasteiger partial charge in [0.1, 0.15) is 0 Å². The molecule has 1 N–H and O–H groups in total. The van der Waals surface area contributed by atoms with Crippen molar-refractivity contribution in [2.24, 2.45) is 5.92 Å². The molecule has 0 spiro atoms. The van der Waals surface area contributed by atoms with Gasteiger partial charge < -0.3 is 5.11 Å². The van der Waals surface area contributed by atoms with Crippen molar-refractivity contribution >= 4 is 5.97 Å². The van der Waals surface area contributed by atoms with Gasteiger partial charge in [0, 0.05) is 5.57 Å². The van der Waals surface area contributed by atoms with E-state index in [0.717, 1.165) is 51.4 Å². The highest BCUT2D eigenvalue weighted by Gasteiger charge is 2.17. The van der Waals surface area contributed by atoms with E-state index in [4.69, 9.17) is 0 Å². The van der Waals surface area contributed by atoms with Gasteiger partial charge in [-0.25, -0.2) is 4.79 Å². The maximum atomic E-state index is 12.1. The molecule has 0 rings (SSSR count). The van der Waals surface area contributed by atoms with Gasteiger partial charge in [0.05, 0.1) is 6.67 Å². The second-order valence-corrected chi connectivity index (χ2v) is 9.16. The summed E-state index contributed by atoms with van der Waals surface area (Å²) < 4.78 is 12.1. The molecule has 0 aliphatic heterocycles. The van der Waals surface area contributed by atoms with E-state index >= 15 is 0 Å². The summed E-state index contributed by atoms with van der Waals surface area (Å²) in [5.41, 5.74) is 0.395. The van der Waals surface area contributed by atoms with Crippen LogP contribution in [-0.2, 0) is 4.79 Å². The monoisotopic (exact) mass is 426 g/mol. The molecule has 0 heterocycles. The number of hydrogen-bond donors (Lipinski definition) is 1. The molecule has 0 aliphatic carbocycles. The number of aliphatic carboxylic acids is 1. The largest absolute Gasteiger partial charge is 0.478 e. The number of alkyl halides is 1. The standard InChI is InChI=1S/C27H51FO2/c1-3-4-5-6-7-8-9-10-11-12-13-16-19-22-26(25(2)27(29)30)23-20-17-14-15-18-21-24-28/h26H,2-24H2,1H3,(H,29,30). The first-order valence-corrected chi connectivity index (χ1v) is 13.1. The molecule has 0 aliphatic rings. The molecule has 3 heteroatoms. The third kappa shape index (κ3) is 19.1. The van der Waals surface area contributed by atoms with Crippen LogP contribution in [0, 0.1) is 5.92 Å². The van der Waals surface area contributed by atoms with Gasteiger partial charge in [0.15, 0.2) is 0 Å². The molecular formula is C27H51FO2. The molecule has 30 heavy (non-hydrogen) atoms. The van der Waals surface area contributed by atoms with Crippen molar-refractivity contribution in [2.75, 3.05) is 6.67 Å². The van der Waals surface area contributed by atoms with Crippen LogP contribution < -0.4 is 0 Å². The van der Waals surface area contributed by atoms with Crippen molar-refractivity contribution in [3.8, 4) is 0 Å². The Morgan fingerprint density at radius 2 is 1.00 bits per heavy atom. The number of rotatable bonds is 24. The molecule has 0 bridgehead atoms. The van der Waals surface area contributed by atoms with Crippen LogP contribution >= 0.6 is 0 Å². The molecule has 0 saturated heterocycles.